The average molecular weight is 404 g/mol. The molecule has 1 aromatic carbocycles. The molecule has 152 valence electrons. The Balaban J connectivity index is 1.30. The number of phenolic OH excluding ortho intramolecular Hbond substituents is 1. The monoisotopic (exact) mass is 403 g/mol. The summed E-state index contributed by atoms with van der Waals surface area (Å²) in [6, 6.07) is 5.89. The van der Waals surface area contributed by atoms with Gasteiger partial charge >= 0.3 is 0 Å². The summed E-state index contributed by atoms with van der Waals surface area (Å²) in [6.45, 7) is 0. The number of hydrogen-bond acceptors (Lipinski definition) is 4. The van der Waals surface area contributed by atoms with E-state index in [-0.39, 0.29) is 39.7 Å². The van der Waals surface area contributed by atoms with E-state index < -0.39 is 9.84 Å². The topological polar surface area (TPSA) is 83.5 Å². The maximum Gasteiger partial charge on any atom is 0.223 e. The van der Waals surface area contributed by atoms with E-state index in [1.807, 2.05) is 0 Å². The summed E-state index contributed by atoms with van der Waals surface area (Å²) in [7, 11) is -3.37. The summed E-state index contributed by atoms with van der Waals surface area (Å²) in [6.07, 6.45) is 10.1. The highest BCUT2D eigenvalue weighted by molar-refractivity contribution is 7.91. The smallest absolute Gasteiger partial charge is 0.223 e. The Labute approximate surface area is 166 Å². The number of aromatic hydroxyl groups is 1. The standard InChI is InChI=1S/C22H29NO4S/c24-17-3-5-18(6-4-17)28(26,27)15-20-7-10-21(11-8-20,12-9-20)22(13-14-22)23-19(25)16-1-2-16/h3-6,16,24H,1-2,7-15H2,(H,23,25). The number of fused-ring (bicyclic) bond motifs is 3. The Hall–Kier alpha value is -1.56. The summed E-state index contributed by atoms with van der Waals surface area (Å²) in [5.74, 6) is 0.780. The van der Waals surface area contributed by atoms with Crippen molar-refractivity contribution in [3.8, 4) is 5.75 Å². The lowest BCUT2D eigenvalue weighted by Crippen LogP contribution is -2.57. The fourth-order valence-electron chi connectivity index (χ4n) is 5.93. The van der Waals surface area contributed by atoms with Crippen molar-refractivity contribution in [2.75, 3.05) is 5.75 Å². The van der Waals surface area contributed by atoms with Crippen LogP contribution in [0.15, 0.2) is 29.2 Å². The van der Waals surface area contributed by atoms with E-state index in [1.165, 1.54) is 24.3 Å². The molecule has 0 unspecified atom stereocenters. The second-order valence-electron chi connectivity index (χ2n) is 9.88. The van der Waals surface area contributed by atoms with Gasteiger partial charge in [0.1, 0.15) is 5.75 Å². The van der Waals surface area contributed by atoms with Crippen LogP contribution in [-0.2, 0) is 14.6 Å². The molecule has 0 spiro atoms. The number of hydrogen-bond donors (Lipinski definition) is 2. The number of carbonyl (C=O) groups is 1. The molecule has 5 aliphatic carbocycles. The van der Waals surface area contributed by atoms with Crippen molar-refractivity contribution in [1.82, 2.24) is 5.32 Å². The SMILES string of the molecule is O=C(NC1(C23CCC(CS(=O)(=O)c4ccc(O)cc4)(CC2)CC3)CC1)C1CC1. The van der Waals surface area contributed by atoms with Gasteiger partial charge in [0.05, 0.1) is 10.6 Å². The van der Waals surface area contributed by atoms with Gasteiger partial charge in [-0.05, 0) is 99.3 Å². The first-order valence-electron chi connectivity index (χ1n) is 10.6. The molecule has 0 atom stereocenters. The average Bonchev–Trinajstić information content (AvgIpc) is 3.57. The lowest BCUT2D eigenvalue weighted by molar-refractivity contribution is -0.126. The third-order valence-electron chi connectivity index (χ3n) is 8.17. The van der Waals surface area contributed by atoms with Crippen LogP contribution < -0.4 is 5.32 Å². The quantitative estimate of drug-likeness (QED) is 0.761. The maximum atomic E-state index is 13.0. The van der Waals surface area contributed by atoms with Gasteiger partial charge < -0.3 is 10.4 Å². The lowest BCUT2D eigenvalue weighted by atomic mass is 9.51. The van der Waals surface area contributed by atoms with E-state index in [4.69, 9.17) is 0 Å². The maximum absolute atomic E-state index is 13.0. The van der Waals surface area contributed by atoms with Gasteiger partial charge in [0.15, 0.2) is 9.84 Å². The highest BCUT2D eigenvalue weighted by Gasteiger charge is 2.64. The normalized spacial score (nSPS) is 33.4. The molecular formula is C22H29NO4S. The van der Waals surface area contributed by atoms with Crippen LogP contribution in [0, 0.1) is 16.7 Å². The second kappa shape index (κ2) is 5.97. The van der Waals surface area contributed by atoms with Gasteiger partial charge in [0, 0.05) is 11.5 Å². The third-order valence-corrected chi connectivity index (χ3v) is 10.2. The minimum Gasteiger partial charge on any atom is -0.508 e. The predicted octanol–water partition coefficient (Wildman–Crippen LogP) is 3.57. The van der Waals surface area contributed by atoms with Gasteiger partial charge in [0.2, 0.25) is 5.91 Å². The number of benzene rings is 1. The van der Waals surface area contributed by atoms with Crippen LogP contribution in [0.1, 0.15) is 64.2 Å². The van der Waals surface area contributed by atoms with Crippen LogP contribution >= 0.6 is 0 Å². The fraction of sp³-hybridized carbons (Fsp3) is 0.682. The second-order valence-corrected chi connectivity index (χ2v) is 11.9. The molecule has 6 heteroatoms. The summed E-state index contributed by atoms with van der Waals surface area (Å²) in [5.41, 5.74) is 0.0474. The van der Waals surface area contributed by atoms with Crippen molar-refractivity contribution in [1.29, 1.82) is 0 Å². The Kier molecular flexibility index (Phi) is 3.94. The van der Waals surface area contributed by atoms with Crippen LogP contribution in [0.3, 0.4) is 0 Å². The van der Waals surface area contributed by atoms with Crippen molar-refractivity contribution in [3.63, 3.8) is 0 Å². The summed E-state index contributed by atoms with van der Waals surface area (Å²) >= 11 is 0. The molecule has 0 heterocycles. The molecule has 6 rings (SSSR count). The molecule has 0 aromatic heterocycles. The molecule has 28 heavy (non-hydrogen) atoms. The van der Waals surface area contributed by atoms with Crippen LogP contribution in [0.25, 0.3) is 0 Å². The van der Waals surface area contributed by atoms with Gasteiger partial charge in [-0.3, -0.25) is 4.79 Å². The van der Waals surface area contributed by atoms with E-state index in [9.17, 15) is 18.3 Å². The molecule has 5 aliphatic rings. The molecule has 1 aromatic rings. The summed E-state index contributed by atoms with van der Waals surface area (Å²) < 4.78 is 25.9. The van der Waals surface area contributed by atoms with Crippen molar-refractivity contribution in [2.24, 2.45) is 16.7 Å². The van der Waals surface area contributed by atoms with E-state index in [1.54, 1.807) is 0 Å². The van der Waals surface area contributed by atoms with Crippen molar-refractivity contribution >= 4 is 15.7 Å². The minimum absolute atomic E-state index is 0.00488. The molecule has 0 radical (unpaired) electrons. The Morgan fingerprint density at radius 3 is 2.04 bits per heavy atom. The van der Waals surface area contributed by atoms with Crippen molar-refractivity contribution in [2.45, 2.75) is 74.6 Å². The van der Waals surface area contributed by atoms with Crippen LogP contribution in [0.2, 0.25) is 0 Å². The number of sulfone groups is 1. The molecule has 1 amide bonds. The zero-order valence-electron chi connectivity index (χ0n) is 16.2. The van der Waals surface area contributed by atoms with Gasteiger partial charge in [-0.25, -0.2) is 8.42 Å². The number of carbonyl (C=O) groups excluding carboxylic acids is 1. The van der Waals surface area contributed by atoms with Crippen LogP contribution in [-0.4, -0.2) is 30.7 Å². The largest absolute Gasteiger partial charge is 0.508 e. The first-order valence-corrected chi connectivity index (χ1v) is 12.3. The number of phenols is 1. The zero-order valence-corrected chi connectivity index (χ0v) is 17.1. The summed E-state index contributed by atoms with van der Waals surface area (Å²) in [5, 5.41) is 12.9. The van der Waals surface area contributed by atoms with Crippen LogP contribution in [0.4, 0.5) is 0 Å². The minimum atomic E-state index is -3.37. The number of rotatable bonds is 6. The first kappa shape index (κ1) is 18.5. The molecule has 0 aliphatic heterocycles. The van der Waals surface area contributed by atoms with Crippen LogP contribution in [0.5, 0.6) is 5.75 Å². The Morgan fingerprint density at radius 2 is 1.54 bits per heavy atom. The predicted molar refractivity (Wildman–Crippen MR) is 106 cm³/mol. The molecule has 5 fully saturated rings. The van der Waals surface area contributed by atoms with E-state index in [0.717, 1.165) is 64.2 Å². The Morgan fingerprint density at radius 1 is 0.964 bits per heavy atom. The lowest BCUT2D eigenvalue weighted by Gasteiger charge is -2.57. The molecular weight excluding hydrogens is 374 g/mol. The third kappa shape index (κ3) is 2.95. The van der Waals surface area contributed by atoms with Crippen molar-refractivity contribution < 1.29 is 18.3 Å². The number of amides is 1. The summed E-state index contributed by atoms with van der Waals surface area (Å²) in [4.78, 5) is 12.7. The first-order chi connectivity index (χ1) is 13.3. The van der Waals surface area contributed by atoms with Gasteiger partial charge in [0.25, 0.3) is 0 Å². The highest BCUT2D eigenvalue weighted by atomic mass is 32.2. The number of nitrogens with one attached hydrogen (secondary N) is 1. The van der Waals surface area contributed by atoms with Crippen molar-refractivity contribution in [3.05, 3.63) is 24.3 Å². The molecule has 2 bridgehead atoms. The Bertz CT molecular complexity index is 872. The molecule has 0 saturated heterocycles. The zero-order chi connectivity index (χ0) is 19.6. The van der Waals surface area contributed by atoms with E-state index in [2.05, 4.69) is 5.32 Å². The highest BCUT2D eigenvalue weighted by Crippen LogP contribution is 2.67. The fourth-order valence-corrected chi connectivity index (χ4v) is 7.89. The van der Waals surface area contributed by atoms with Gasteiger partial charge in [-0.2, -0.15) is 0 Å². The van der Waals surface area contributed by atoms with E-state index >= 15 is 0 Å². The molecule has 5 saturated carbocycles. The molecule has 2 N–H and O–H groups in total. The molecule has 5 nitrogen and oxygen atoms in total. The van der Waals surface area contributed by atoms with Gasteiger partial charge in [-0.15, -0.1) is 0 Å². The van der Waals surface area contributed by atoms with Gasteiger partial charge in [-0.1, -0.05) is 0 Å². The van der Waals surface area contributed by atoms with E-state index in [0.29, 0.717) is 4.90 Å².